The van der Waals surface area contributed by atoms with Gasteiger partial charge in [0, 0.05) is 6.54 Å². The predicted molar refractivity (Wildman–Crippen MR) is 115 cm³/mol. The number of sulfonamides is 1. The van der Waals surface area contributed by atoms with Gasteiger partial charge >= 0.3 is 10.1 Å². The van der Waals surface area contributed by atoms with E-state index in [2.05, 4.69) is 4.72 Å². The molecule has 0 heterocycles. The molecule has 0 aliphatic rings. The maximum atomic E-state index is 12.3. The Morgan fingerprint density at radius 2 is 1.22 bits per heavy atom. The zero-order valence-electron chi connectivity index (χ0n) is 16.6. The molecule has 0 aromatic heterocycles. The van der Waals surface area contributed by atoms with Crippen molar-refractivity contribution in [2.45, 2.75) is 16.2 Å². The van der Waals surface area contributed by atoms with Crippen molar-refractivity contribution in [2.75, 3.05) is 6.54 Å². The SMILES string of the molecule is N#Cc1ccc(S(=O)(=O)NCCc2ccc(OS(=O)(=O)c3ccc(C#N)cc3)cc2)cc1. The summed E-state index contributed by atoms with van der Waals surface area (Å²) in [7, 11) is -7.75. The van der Waals surface area contributed by atoms with E-state index < -0.39 is 20.1 Å². The summed E-state index contributed by atoms with van der Waals surface area (Å²) in [6.07, 6.45) is 0.373. The molecule has 0 atom stereocenters. The van der Waals surface area contributed by atoms with Gasteiger partial charge in [-0.15, -0.1) is 0 Å². The van der Waals surface area contributed by atoms with Crippen LogP contribution < -0.4 is 8.91 Å². The van der Waals surface area contributed by atoms with Gasteiger partial charge in [0.2, 0.25) is 10.0 Å². The Balaban J connectivity index is 1.58. The highest BCUT2D eigenvalue weighted by molar-refractivity contribution is 7.89. The smallest absolute Gasteiger partial charge is 0.339 e. The lowest BCUT2D eigenvalue weighted by atomic mass is 10.1. The number of rotatable bonds is 8. The Labute approximate surface area is 186 Å². The van der Waals surface area contributed by atoms with Crippen molar-refractivity contribution in [2.24, 2.45) is 0 Å². The van der Waals surface area contributed by atoms with E-state index in [4.69, 9.17) is 14.7 Å². The van der Waals surface area contributed by atoms with E-state index in [1.54, 1.807) is 12.1 Å². The third-order valence-electron chi connectivity index (χ3n) is 4.40. The molecule has 0 radical (unpaired) electrons. The second-order valence-corrected chi connectivity index (χ2v) is 9.91. The number of benzene rings is 3. The molecule has 0 saturated carbocycles. The molecule has 0 saturated heterocycles. The first-order chi connectivity index (χ1) is 15.2. The average molecular weight is 468 g/mol. The zero-order valence-corrected chi connectivity index (χ0v) is 18.2. The van der Waals surface area contributed by atoms with Crippen LogP contribution >= 0.6 is 0 Å². The van der Waals surface area contributed by atoms with Crippen molar-refractivity contribution in [1.29, 1.82) is 10.5 Å². The van der Waals surface area contributed by atoms with Gasteiger partial charge in [0.05, 0.1) is 28.2 Å². The molecule has 0 amide bonds. The molecule has 8 nitrogen and oxygen atoms in total. The predicted octanol–water partition coefficient (Wildman–Crippen LogP) is 2.72. The molecule has 0 aliphatic heterocycles. The zero-order chi connectivity index (χ0) is 23.2. The third kappa shape index (κ3) is 5.71. The summed E-state index contributed by atoms with van der Waals surface area (Å²) in [5.41, 5.74) is 1.48. The molecule has 0 bridgehead atoms. The van der Waals surface area contributed by atoms with Gasteiger partial charge in [-0.1, -0.05) is 12.1 Å². The van der Waals surface area contributed by atoms with Crippen molar-refractivity contribution < 1.29 is 21.0 Å². The normalized spacial score (nSPS) is 11.3. The summed E-state index contributed by atoms with van der Waals surface area (Å²) in [4.78, 5) is -0.00829. The van der Waals surface area contributed by atoms with Crippen LogP contribution in [0.5, 0.6) is 5.75 Å². The van der Waals surface area contributed by atoms with Crippen LogP contribution in [-0.4, -0.2) is 23.4 Å². The Morgan fingerprint density at radius 3 is 1.72 bits per heavy atom. The highest BCUT2D eigenvalue weighted by Gasteiger charge is 2.17. The first-order valence-electron chi connectivity index (χ1n) is 9.27. The number of hydrogen-bond donors (Lipinski definition) is 1. The summed E-state index contributed by atoms with van der Waals surface area (Å²) in [5.74, 6) is 0.108. The number of hydrogen-bond acceptors (Lipinski definition) is 7. The molecule has 3 rings (SSSR count). The van der Waals surface area contributed by atoms with Gasteiger partial charge in [-0.25, -0.2) is 13.1 Å². The second kappa shape index (κ2) is 9.62. The largest absolute Gasteiger partial charge is 0.379 e. The summed E-state index contributed by atoms with van der Waals surface area (Å²) < 4.78 is 56.9. The standard InChI is InChI=1S/C22H17N3O5S2/c23-15-18-3-9-21(10-4-18)31(26,27)25-14-13-17-1-7-20(8-2-17)30-32(28,29)22-11-5-19(16-24)6-12-22/h1-12,25H,13-14H2. The van der Waals surface area contributed by atoms with Crippen LogP contribution in [0.1, 0.15) is 16.7 Å². The van der Waals surface area contributed by atoms with E-state index in [1.165, 1.54) is 60.7 Å². The van der Waals surface area contributed by atoms with Gasteiger partial charge < -0.3 is 4.18 Å². The minimum absolute atomic E-state index is 0.0632. The van der Waals surface area contributed by atoms with E-state index in [9.17, 15) is 16.8 Å². The average Bonchev–Trinajstić information content (AvgIpc) is 2.80. The number of nitrogens with zero attached hydrogens (tertiary/aromatic N) is 2. The van der Waals surface area contributed by atoms with Gasteiger partial charge in [0.25, 0.3) is 0 Å². The minimum Gasteiger partial charge on any atom is -0.379 e. The summed E-state index contributed by atoms with van der Waals surface area (Å²) in [6, 6.07) is 21.0. The Morgan fingerprint density at radius 1 is 0.719 bits per heavy atom. The van der Waals surface area contributed by atoms with E-state index in [0.717, 1.165) is 5.56 Å². The molecular formula is C22H17N3O5S2. The lowest BCUT2D eigenvalue weighted by molar-refractivity contribution is 0.486. The second-order valence-electron chi connectivity index (χ2n) is 6.60. The topological polar surface area (TPSA) is 137 Å². The molecule has 0 aliphatic carbocycles. The highest BCUT2D eigenvalue weighted by atomic mass is 32.2. The fourth-order valence-corrected chi connectivity index (χ4v) is 4.67. The van der Waals surface area contributed by atoms with E-state index in [-0.39, 0.29) is 22.1 Å². The Hall–Kier alpha value is -3.70. The monoisotopic (exact) mass is 467 g/mol. The van der Waals surface area contributed by atoms with E-state index >= 15 is 0 Å². The highest BCUT2D eigenvalue weighted by Crippen LogP contribution is 2.20. The van der Waals surface area contributed by atoms with E-state index in [1.807, 2.05) is 12.1 Å². The molecule has 3 aromatic rings. The molecule has 0 spiro atoms. The van der Waals surface area contributed by atoms with Gasteiger partial charge in [-0.3, -0.25) is 0 Å². The molecule has 32 heavy (non-hydrogen) atoms. The van der Waals surface area contributed by atoms with Crippen LogP contribution in [0, 0.1) is 22.7 Å². The van der Waals surface area contributed by atoms with Crippen LogP contribution in [0.25, 0.3) is 0 Å². The lowest BCUT2D eigenvalue weighted by Gasteiger charge is -2.09. The Kier molecular flexibility index (Phi) is 6.91. The molecule has 0 fully saturated rings. The van der Waals surface area contributed by atoms with Gasteiger partial charge in [-0.05, 0) is 72.6 Å². The van der Waals surface area contributed by atoms with Crippen LogP contribution in [0.15, 0.2) is 82.6 Å². The quantitative estimate of drug-likeness (QED) is 0.503. The summed E-state index contributed by atoms with van der Waals surface area (Å²) in [6.45, 7) is 0.131. The van der Waals surface area contributed by atoms with Crippen LogP contribution in [0.4, 0.5) is 0 Å². The molecule has 3 aromatic carbocycles. The maximum Gasteiger partial charge on any atom is 0.339 e. The molecule has 1 N–H and O–H groups in total. The fourth-order valence-electron chi connectivity index (χ4n) is 2.70. The van der Waals surface area contributed by atoms with Crippen molar-refractivity contribution in [3.05, 3.63) is 89.5 Å². The molecule has 10 heteroatoms. The first kappa shape index (κ1) is 23.0. The van der Waals surface area contributed by atoms with Crippen LogP contribution in [0.3, 0.4) is 0 Å². The lowest BCUT2D eigenvalue weighted by Crippen LogP contribution is -2.26. The van der Waals surface area contributed by atoms with Crippen LogP contribution in [0.2, 0.25) is 0 Å². The van der Waals surface area contributed by atoms with Gasteiger partial charge in [-0.2, -0.15) is 18.9 Å². The molecular weight excluding hydrogens is 450 g/mol. The van der Waals surface area contributed by atoms with Gasteiger partial charge in [0.15, 0.2) is 0 Å². The van der Waals surface area contributed by atoms with Crippen LogP contribution in [-0.2, 0) is 26.6 Å². The van der Waals surface area contributed by atoms with Crippen molar-refractivity contribution in [3.63, 3.8) is 0 Å². The van der Waals surface area contributed by atoms with Crippen molar-refractivity contribution >= 4 is 20.1 Å². The fraction of sp³-hybridized carbons (Fsp3) is 0.0909. The number of nitrogens with one attached hydrogen (secondary N) is 1. The maximum absolute atomic E-state index is 12.3. The minimum atomic E-state index is -4.04. The van der Waals surface area contributed by atoms with Crippen molar-refractivity contribution in [3.8, 4) is 17.9 Å². The third-order valence-corrected chi connectivity index (χ3v) is 7.14. The summed E-state index contributed by atoms with van der Waals surface area (Å²) in [5, 5.41) is 17.6. The van der Waals surface area contributed by atoms with Crippen molar-refractivity contribution in [1.82, 2.24) is 4.72 Å². The summed E-state index contributed by atoms with van der Waals surface area (Å²) >= 11 is 0. The molecule has 0 unspecified atom stereocenters. The number of nitriles is 2. The van der Waals surface area contributed by atoms with Gasteiger partial charge in [0.1, 0.15) is 10.6 Å². The Bertz CT molecular complexity index is 1380. The first-order valence-corrected chi connectivity index (χ1v) is 12.2. The molecule has 162 valence electrons. The van der Waals surface area contributed by atoms with E-state index in [0.29, 0.717) is 17.5 Å².